The number of aromatic amines is 1. The van der Waals surface area contributed by atoms with Gasteiger partial charge in [0.15, 0.2) is 5.82 Å². The van der Waals surface area contributed by atoms with Crippen molar-refractivity contribution in [2.75, 3.05) is 29.9 Å². The Hall–Kier alpha value is -2.91. The second kappa shape index (κ2) is 6.36. The first kappa shape index (κ1) is 17.5. The van der Waals surface area contributed by atoms with E-state index >= 15 is 0 Å². The van der Waals surface area contributed by atoms with Crippen molar-refractivity contribution in [1.29, 1.82) is 0 Å². The van der Waals surface area contributed by atoms with Crippen molar-refractivity contribution >= 4 is 22.8 Å². The van der Waals surface area contributed by atoms with Gasteiger partial charge in [0, 0.05) is 32.0 Å². The number of hydrogen-bond acceptors (Lipinski definition) is 6. The van der Waals surface area contributed by atoms with E-state index in [4.69, 9.17) is 0 Å². The number of likely N-dealkylation sites (N-methyl/N-ethyl adjacent to an activating group) is 1. The van der Waals surface area contributed by atoms with Gasteiger partial charge in [-0.3, -0.25) is 0 Å². The molecule has 1 fully saturated rings. The maximum atomic E-state index is 12.9. The zero-order chi connectivity index (χ0) is 19.2. The lowest BCUT2D eigenvalue weighted by atomic mass is 10.2. The summed E-state index contributed by atoms with van der Waals surface area (Å²) in [4.78, 5) is 23.4. The molecule has 1 atom stereocenters. The van der Waals surface area contributed by atoms with Crippen LogP contribution in [0.15, 0.2) is 24.7 Å². The lowest BCUT2D eigenvalue weighted by molar-refractivity contribution is -0.141. The van der Waals surface area contributed by atoms with Crippen LogP contribution in [-0.4, -0.2) is 51.1 Å². The van der Waals surface area contributed by atoms with Crippen molar-refractivity contribution < 1.29 is 13.2 Å². The maximum Gasteiger partial charge on any atom is 0.433 e. The van der Waals surface area contributed by atoms with Crippen LogP contribution in [0.3, 0.4) is 0 Å². The summed E-state index contributed by atoms with van der Waals surface area (Å²) in [6, 6.07) is 2.81. The Morgan fingerprint density at radius 2 is 2.07 bits per heavy atom. The molecule has 1 saturated heterocycles. The van der Waals surface area contributed by atoms with E-state index in [0.29, 0.717) is 6.54 Å². The van der Waals surface area contributed by atoms with E-state index in [-0.39, 0.29) is 12.0 Å². The molecule has 1 N–H and O–H groups in total. The molecule has 4 rings (SSSR count). The van der Waals surface area contributed by atoms with E-state index in [1.165, 1.54) is 6.33 Å². The smallest absolute Gasteiger partial charge is 0.354 e. The van der Waals surface area contributed by atoms with Crippen LogP contribution >= 0.6 is 0 Å². The highest BCUT2D eigenvalue weighted by molar-refractivity contribution is 5.86. The lowest BCUT2D eigenvalue weighted by Gasteiger charge is -2.25. The van der Waals surface area contributed by atoms with Crippen molar-refractivity contribution in [3.8, 4) is 0 Å². The maximum absolute atomic E-state index is 12.9. The number of halogens is 3. The summed E-state index contributed by atoms with van der Waals surface area (Å²) < 4.78 is 38.7. The molecule has 0 aromatic carbocycles. The van der Waals surface area contributed by atoms with Crippen molar-refractivity contribution in [3.05, 3.63) is 36.0 Å². The second-order valence-electron chi connectivity index (χ2n) is 6.65. The summed E-state index contributed by atoms with van der Waals surface area (Å²) in [6.07, 6.45) is -1.05. The van der Waals surface area contributed by atoms with E-state index in [0.717, 1.165) is 47.8 Å². The van der Waals surface area contributed by atoms with Gasteiger partial charge in [0.2, 0.25) is 5.95 Å². The predicted octanol–water partition coefficient (Wildman–Crippen LogP) is 2.79. The molecule has 0 saturated carbocycles. The SMILES string of the molecule is Cc1cc2ncnc(N3CCC(N(C)c4nccc(C(F)(F)F)n4)C3)c2[nH]1. The summed E-state index contributed by atoms with van der Waals surface area (Å²) in [7, 11) is 1.72. The van der Waals surface area contributed by atoms with Gasteiger partial charge in [-0.15, -0.1) is 0 Å². The van der Waals surface area contributed by atoms with Crippen LogP contribution in [0, 0.1) is 6.92 Å². The van der Waals surface area contributed by atoms with Crippen molar-refractivity contribution in [1.82, 2.24) is 24.9 Å². The fraction of sp³-hybridized carbons (Fsp3) is 0.412. The third-order valence-corrected chi connectivity index (χ3v) is 4.79. The average molecular weight is 377 g/mol. The minimum absolute atomic E-state index is 0.0189. The molecular weight excluding hydrogens is 359 g/mol. The molecule has 1 aliphatic rings. The number of aromatic nitrogens is 5. The van der Waals surface area contributed by atoms with Crippen LogP contribution in [0.2, 0.25) is 0 Å². The van der Waals surface area contributed by atoms with Crippen LogP contribution in [0.5, 0.6) is 0 Å². The summed E-state index contributed by atoms with van der Waals surface area (Å²) in [5.74, 6) is 0.870. The number of hydrogen-bond donors (Lipinski definition) is 1. The van der Waals surface area contributed by atoms with Gasteiger partial charge in [-0.2, -0.15) is 13.2 Å². The average Bonchev–Trinajstić information content (AvgIpc) is 3.26. The number of rotatable bonds is 3. The van der Waals surface area contributed by atoms with Gasteiger partial charge in [-0.1, -0.05) is 0 Å². The molecule has 0 aliphatic carbocycles. The van der Waals surface area contributed by atoms with Gasteiger partial charge in [0.1, 0.15) is 17.5 Å². The van der Waals surface area contributed by atoms with E-state index in [2.05, 4.69) is 29.8 Å². The van der Waals surface area contributed by atoms with Crippen LogP contribution in [-0.2, 0) is 6.18 Å². The Morgan fingerprint density at radius 1 is 1.26 bits per heavy atom. The first-order valence-electron chi connectivity index (χ1n) is 8.51. The number of nitrogens with one attached hydrogen (secondary N) is 1. The molecule has 3 aromatic rings. The molecule has 10 heteroatoms. The molecule has 0 amide bonds. The normalized spacial score (nSPS) is 17.7. The van der Waals surface area contributed by atoms with Crippen LogP contribution in [0.25, 0.3) is 11.0 Å². The minimum atomic E-state index is -4.49. The largest absolute Gasteiger partial charge is 0.433 e. The molecule has 27 heavy (non-hydrogen) atoms. The molecule has 0 radical (unpaired) electrons. The fourth-order valence-electron chi connectivity index (χ4n) is 3.39. The van der Waals surface area contributed by atoms with E-state index in [9.17, 15) is 13.2 Å². The molecule has 1 aliphatic heterocycles. The standard InChI is InChI=1S/C17H18F3N7/c1-10-7-12-14(24-10)15(23-9-22-12)27-6-4-11(8-27)26(2)16-21-5-3-13(25-16)17(18,19)20/h3,5,7,9,11,24H,4,6,8H2,1-2H3. The van der Waals surface area contributed by atoms with Crippen molar-refractivity contribution in [2.24, 2.45) is 0 Å². The van der Waals surface area contributed by atoms with Crippen molar-refractivity contribution in [2.45, 2.75) is 25.6 Å². The Labute approximate surface area is 153 Å². The summed E-state index contributed by atoms with van der Waals surface area (Å²) >= 11 is 0. The number of nitrogens with zero attached hydrogens (tertiary/aromatic N) is 6. The Morgan fingerprint density at radius 3 is 2.85 bits per heavy atom. The molecule has 7 nitrogen and oxygen atoms in total. The molecule has 0 bridgehead atoms. The van der Waals surface area contributed by atoms with Gasteiger partial charge < -0.3 is 14.8 Å². The lowest BCUT2D eigenvalue weighted by Crippen LogP contribution is -2.36. The molecule has 142 valence electrons. The zero-order valence-electron chi connectivity index (χ0n) is 14.8. The molecule has 1 unspecified atom stereocenters. The number of anilines is 2. The first-order valence-corrected chi connectivity index (χ1v) is 8.51. The number of fused-ring (bicyclic) bond motifs is 1. The Balaban J connectivity index is 1.56. The number of alkyl halides is 3. The first-order chi connectivity index (χ1) is 12.8. The number of aryl methyl sites for hydroxylation is 1. The molecule has 0 spiro atoms. The van der Waals surface area contributed by atoms with E-state index in [1.807, 2.05) is 13.0 Å². The van der Waals surface area contributed by atoms with Crippen LogP contribution in [0.4, 0.5) is 24.9 Å². The van der Waals surface area contributed by atoms with Gasteiger partial charge in [0.05, 0.1) is 11.6 Å². The summed E-state index contributed by atoms with van der Waals surface area (Å²) in [6.45, 7) is 3.30. The fourth-order valence-corrected chi connectivity index (χ4v) is 3.39. The van der Waals surface area contributed by atoms with E-state index < -0.39 is 11.9 Å². The summed E-state index contributed by atoms with van der Waals surface area (Å²) in [5.41, 5.74) is 1.77. The van der Waals surface area contributed by atoms with Gasteiger partial charge in [-0.25, -0.2) is 19.9 Å². The molecule has 3 aromatic heterocycles. The van der Waals surface area contributed by atoms with Crippen LogP contribution < -0.4 is 9.80 Å². The van der Waals surface area contributed by atoms with Crippen molar-refractivity contribution in [3.63, 3.8) is 0 Å². The van der Waals surface area contributed by atoms with Gasteiger partial charge >= 0.3 is 6.18 Å². The summed E-state index contributed by atoms with van der Waals surface area (Å²) in [5, 5.41) is 0. The Kier molecular flexibility index (Phi) is 4.12. The second-order valence-corrected chi connectivity index (χ2v) is 6.65. The highest BCUT2D eigenvalue weighted by Crippen LogP contribution is 2.30. The predicted molar refractivity (Wildman–Crippen MR) is 94.7 cm³/mol. The van der Waals surface area contributed by atoms with Gasteiger partial charge in [0.25, 0.3) is 0 Å². The third-order valence-electron chi connectivity index (χ3n) is 4.79. The highest BCUT2D eigenvalue weighted by atomic mass is 19.4. The Bertz CT molecular complexity index is 969. The quantitative estimate of drug-likeness (QED) is 0.757. The monoisotopic (exact) mass is 377 g/mol. The number of H-pyrrole nitrogens is 1. The van der Waals surface area contributed by atoms with E-state index in [1.54, 1.807) is 11.9 Å². The molecular formula is C17H18F3N7. The van der Waals surface area contributed by atoms with Gasteiger partial charge in [-0.05, 0) is 25.5 Å². The third kappa shape index (κ3) is 3.26. The zero-order valence-corrected chi connectivity index (χ0v) is 14.8. The topological polar surface area (TPSA) is 73.8 Å². The highest BCUT2D eigenvalue weighted by Gasteiger charge is 2.34. The molecule has 4 heterocycles. The minimum Gasteiger partial charge on any atom is -0.354 e. The van der Waals surface area contributed by atoms with Crippen LogP contribution in [0.1, 0.15) is 17.8 Å².